The van der Waals surface area contributed by atoms with Gasteiger partial charge in [-0.2, -0.15) is 0 Å². The van der Waals surface area contributed by atoms with Crippen LogP contribution in [0.2, 0.25) is 5.02 Å². The van der Waals surface area contributed by atoms with Gasteiger partial charge in [-0.1, -0.05) is 29.8 Å². The Bertz CT molecular complexity index is 883. The van der Waals surface area contributed by atoms with E-state index in [2.05, 4.69) is 10.3 Å². The number of aryl methyl sites for hydroxylation is 1. The van der Waals surface area contributed by atoms with Gasteiger partial charge in [-0.15, -0.1) is 0 Å². The summed E-state index contributed by atoms with van der Waals surface area (Å²) in [5, 5.41) is 3.79. The fourth-order valence-electron chi connectivity index (χ4n) is 2.30. The average molecular weight is 313 g/mol. The topological polar surface area (TPSA) is 62.0 Å². The first-order chi connectivity index (χ1) is 10.6. The number of benzene rings is 2. The number of amides is 1. The van der Waals surface area contributed by atoms with E-state index < -0.39 is 11.7 Å². The lowest BCUT2D eigenvalue weighted by Gasteiger charge is -2.06. The van der Waals surface area contributed by atoms with Gasteiger partial charge in [0.1, 0.15) is 0 Å². The highest BCUT2D eigenvalue weighted by atomic mass is 35.5. The maximum atomic E-state index is 12.4. The third-order valence-corrected chi connectivity index (χ3v) is 3.72. The molecule has 22 heavy (non-hydrogen) atoms. The molecule has 0 unspecified atom stereocenters. The van der Waals surface area contributed by atoms with Gasteiger partial charge < -0.3 is 10.3 Å². The summed E-state index contributed by atoms with van der Waals surface area (Å²) >= 11 is 5.96. The number of nitrogens with one attached hydrogen (secondary N) is 2. The second kappa shape index (κ2) is 5.66. The normalized spacial score (nSPS) is 10.6. The van der Waals surface area contributed by atoms with Gasteiger partial charge in [-0.25, -0.2) is 0 Å². The first kappa shape index (κ1) is 14.4. The van der Waals surface area contributed by atoms with Crippen molar-refractivity contribution in [1.82, 2.24) is 4.98 Å². The summed E-state index contributed by atoms with van der Waals surface area (Å²) in [6.45, 7) is 1.87. The molecule has 1 aromatic heterocycles. The molecule has 0 atom stereocenters. The molecule has 3 aromatic rings. The highest BCUT2D eigenvalue weighted by molar-refractivity contribution is 6.48. The number of aromatic nitrogens is 1. The summed E-state index contributed by atoms with van der Waals surface area (Å²) in [6, 6.07) is 12.5. The number of Topliss-reactive ketones (excluding diaryl/α,β-unsaturated/α-hetero) is 1. The maximum Gasteiger partial charge on any atom is 0.296 e. The van der Waals surface area contributed by atoms with E-state index in [0.29, 0.717) is 21.7 Å². The van der Waals surface area contributed by atoms with Gasteiger partial charge in [-0.05, 0) is 36.8 Å². The fraction of sp³-hybridized carbons (Fsp3) is 0.0588. The van der Waals surface area contributed by atoms with Crippen molar-refractivity contribution < 1.29 is 9.59 Å². The molecule has 2 aromatic carbocycles. The minimum Gasteiger partial charge on any atom is -0.360 e. The minimum atomic E-state index is -0.671. The number of aromatic amines is 1. The highest BCUT2D eigenvalue weighted by Crippen LogP contribution is 2.23. The Morgan fingerprint density at radius 3 is 2.68 bits per heavy atom. The Morgan fingerprint density at radius 1 is 1.14 bits per heavy atom. The van der Waals surface area contributed by atoms with Gasteiger partial charge in [0.15, 0.2) is 0 Å². The van der Waals surface area contributed by atoms with E-state index in [4.69, 9.17) is 11.6 Å². The molecule has 0 aliphatic carbocycles. The van der Waals surface area contributed by atoms with Crippen LogP contribution in [-0.2, 0) is 4.79 Å². The van der Waals surface area contributed by atoms with E-state index >= 15 is 0 Å². The third kappa shape index (κ3) is 2.61. The molecule has 1 heterocycles. The number of carbonyl (C=O) groups excluding carboxylic acids is 2. The van der Waals surface area contributed by atoms with E-state index in [1.165, 1.54) is 6.20 Å². The molecule has 0 fully saturated rings. The molecule has 0 aliphatic heterocycles. The van der Waals surface area contributed by atoms with Crippen LogP contribution in [0.15, 0.2) is 48.7 Å². The van der Waals surface area contributed by atoms with Gasteiger partial charge in [0.05, 0.1) is 5.56 Å². The second-order valence-electron chi connectivity index (χ2n) is 4.99. The molecule has 5 heteroatoms. The SMILES string of the molecule is Cc1ccccc1NC(=O)C(=O)c1c[nH]c2ccc(Cl)cc12. The molecular weight excluding hydrogens is 300 g/mol. The minimum absolute atomic E-state index is 0.309. The van der Waals surface area contributed by atoms with Crippen LogP contribution in [0, 0.1) is 6.92 Å². The zero-order chi connectivity index (χ0) is 15.7. The molecule has 3 rings (SSSR count). The van der Waals surface area contributed by atoms with E-state index in [-0.39, 0.29) is 0 Å². The van der Waals surface area contributed by atoms with E-state index in [0.717, 1.165) is 11.1 Å². The molecule has 0 bridgehead atoms. The molecule has 0 spiro atoms. The molecule has 4 nitrogen and oxygen atoms in total. The van der Waals surface area contributed by atoms with Crippen LogP contribution in [-0.4, -0.2) is 16.7 Å². The molecule has 1 amide bonds. The van der Waals surface area contributed by atoms with Crippen LogP contribution in [0.3, 0.4) is 0 Å². The third-order valence-electron chi connectivity index (χ3n) is 3.49. The second-order valence-corrected chi connectivity index (χ2v) is 5.43. The first-order valence-electron chi connectivity index (χ1n) is 6.74. The van der Waals surface area contributed by atoms with Crippen LogP contribution >= 0.6 is 11.6 Å². The molecule has 110 valence electrons. The summed E-state index contributed by atoms with van der Waals surface area (Å²) in [5.41, 5.74) is 2.59. The largest absolute Gasteiger partial charge is 0.360 e. The lowest BCUT2D eigenvalue weighted by Crippen LogP contribution is -2.23. The van der Waals surface area contributed by atoms with Crippen LogP contribution < -0.4 is 5.32 Å². The van der Waals surface area contributed by atoms with Crippen LogP contribution in [0.1, 0.15) is 15.9 Å². The molecule has 2 N–H and O–H groups in total. The number of rotatable bonds is 3. The van der Waals surface area contributed by atoms with Crippen molar-refractivity contribution in [2.24, 2.45) is 0 Å². The number of halogens is 1. The monoisotopic (exact) mass is 312 g/mol. The van der Waals surface area contributed by atoms with Gasteiger partial charge >= 0.3 is 0 Å². The summed E-state index contributed by atoms with van der Waals surface area (Å²) < 4.78 is 0. The number of ketones is 1. The molecule has 0 saturated carbocycles. The van der Waals surface area contributed by atoms with Crippen molar-refractivity contribution >= 4 is 39.9 Å². The fourth-order valence-corrected chi connectivity index (χ4v) is 2.47. The molecule has 0 radical (unpaired) electrons. The summed E-state index contributed by atoms with van der Waals surface area (Å²) in [5.74, 6) is -1.27. The Hall–Kier alpha value is -2.59. The van der Waals surface area contributed by atoms with E-state index in [9.17, 15) is 9.59 Å². The predicted molar refractivity (Wildman–Crippen MR) is 87.4 cm³/mol. The number of anilines is 1. The van der Waals surface area contributed by atoms with Crippen molar-refractivity contribution in [3.8, 4) is 0 Å². The smallest absolute Gasteiger partial charge is 0.296 e. The lowest BCUT2D eigenvalue weighted by atomic mass is 10.1. The number of hydrogen-bond donors (Lipinski definition) is 2. The summed E-state index contributed by atoms with van der Waals surface area (Å²) in [7, 11) is 0. The number of hydrogen-bond acceptors (Lipinski definition) is 2. The van der Waals surface area contributed by atoms with Crippen molar-refractivity contribution in [3.05, 3.63) is 64.8 Å². The lowest BCUT2D eigenvalue weighted by molar-refractivity contribution is -0.112. The number of H-pyrrole nitrogens is 1. The molecule has 0 saturated heterocycles. The van der Waals surface area contributed by atoms with Gasteiger partial charge in [0.2, 0.25) is 0 Å². The number of carbonyl (C=O) groups is 2. The zero-order valence-electron chi connectivity index (χ0n) is 11.8. The Morgan fingerprint density at radius 2 is 1.91 bits per heavy atom. The van der Waals surface area contributed by atoms with Crippen LogP contribution in [0.5, 0.6) is 0 Å². The van der Waals surface area contributed by atoms with Crippen molar-refractivity contribution in [2.45, 2.75) is 6.92 Å². The summed E-state index contributed by atoms with van der Waals surface area (Å²) in [6.07, 6.45) is 1.53. The Labute approximate surface area is 132 Å². The quantitative estimate of drug-likeness (QED) is 0.568. The van der Waals surface area contributed by atoms with Gasteiger partial charge in [0.25, 0.3) is 11.7 Å². The number of para-hydroxylation sites is 1. The number of fused-ring (bicyclic) bond motifs is 1. The van der Waals surface area contributed by atoms with E-state index in [1.54, 1.807) is 30.3 Å². The zero-order valence-corrected chi connectivity index (χ0v) is 12.6. The standard InChI is InChI=1S/C17H13ClN2O2/c1-10-4-2-3-5-14(10)20-17(22)16(21)13-9-19-15-7-6-11(18)8-12(13)15/h2-9,19H,1H3,(H,20,22). The Balaban J connectivity index is 1.91. The van der Waals surface area contributed by atoms with Gasteiger partial charge in [0, 0.05) is 27.8 Å². The van der Waals surface area contributed by atoms with Gasteiger partial charge in [-0.3, -0.25) is 9.59 Å². The first-order valence-corrected chi connectivity index (χ1v) is 7.12. The average Bonchev–Trinajstić information content (AvgIpc) is 2.91. The van der Waals surface area contributed by atoms with Crippen molar-refractivity contribution in [3.63, 3.8) is 0 Å². The molecule has 0 aliphatic rings. The maximum absolute atomic E-state index is 12.4. The van der Waals surface area contributed by atoms with Crippen LogP contribution in [0.25, 0.3) is 10.9 Å². The Kier molecular flexibility index (Phi) is 3.69. The van der Waals surface area contributed by atoms with Crippen molar-refractivity contribution in [1.29, 1.82) is 0 Å². The van der Waals surface area contributed by atoms with Crippen LogP contribution in [0.4, 0.5) is 5.69 Å². The highest BCUT2D eigenvalue weighted by Gasteiger charge is 2.20. The molecular formula is C17H13ClN2O2. The van der Waals surface area contributed by atoms with Crippen molar-refractivity contribution in [2.75, 3.05) is 5.32 Å². The summed E-state index contributed by atoms with van der Waals surface area (Å²) in [4.78, 5) is 27.5. The predicted octanol–water partition coefficient (Wildman–Crippen LogP) is 3.95. The van der Waals surface area contributed by atoms with E-state index in [1.807, 2.05) is 19.1 Å².